The minimum Gasteiger partial charge on any atom is -0.285 e. The Morgan fingerprint density at radius 2 is 2.36 bits per heavy atom. The second kappa shape index (κ2) is 2.95. The van der Waals surface area contributed by atoms with Gasteiger partial charge in [-0.3, -0.25) is 4.99 Å². The minimum atomic E-state index is 0.318. The van der Waals surface area contributed by atoms with Crippen molar-refractivity contribution in [1.82, 2.24) is 4.31 Å². The van der Waals surface area contributed by atoms with Crippen LogP contribution in [0.1, 0.15) is 0 Å². The van der Waals surface area contributed by atoms with Gasteiger partial charge in [-0.2, -0.15) is 0 Å². The van der Waals surface area contributed by atoms with Crippen LogP contribution in [-0.4, -0.2) is 29.7 Å². The van der Waals surface area contributed by atoms with E-state index in [0.29, 0.717) is 24.3 Å². The van der Waals surface area contributed by atoms with E-state index >= 15 is 0 Å². The summed E-state index contributed by atoms with van der Waals surface area (Å²) in [5, 5.41) is 0. The number of hydrogen-bond donors (Lipinski definition) is 0. The molecular formula is C7H9FN2S. The zero-order valence-electron chi connectivity index (χ0n) is 5.98. The summed E-state index contributed by atoms with van der Waals surface area (Å²) in [5.41, 5.74) is 0. The summed E-state index contributed by atoms with van der Waals surface area (Å²) in [6.45, 7) is 1.65. The first-order valence-electron chi connectivity index (χ1n) is 3.64. The lowest BCUT2D eigenvalue weighted by Crippen LogP contribution is -2.46. The van der Waals surface area contributed by atoms with Crippen molar-refractivity contribution >= 4 is 18.5 Å². The van der Waals surface area contributed by atoms with Gasteiger partial charge in [0.15, 0.2) is 0 Å². The van der Waals surface area contributed by atoms with Crippen LogP contribution >= 0.6 is 12.3 Å². The predicted molar refractivity (Wildman–Crippen MR) is 45.2 cm³/mol. The van der Waals surface area contributed by atoms with Crippen LogP contribution in [0.25, 0.3) is 0 Å². The average molecular weight is 172 g/mol. The van der Waals surface area contributed by atoms with Crippen molar-refractivity contribution in [2.75, 3.05) is 13.1 Å². The van der Waals surface area contributed by atoms with Crippen LogP contribution in [0, 0.1) is 5.92 Å². The molecule has 2 nitrogen and oxygen atoms in total. The fraction of sp³-hybridized carbons (Fsp3) is 0.571. The molecule has 1 saturated heterocycles. The number of allylic oxidation sites excluding steroid dienone is 1. The van der Waals surface area contributed by atoms with E-state index in [4.69, 9.17) is 0 Å². The van der Waals surface area contributed by atoms with Crippen molar-refractivity contribution < 1.29 is 3.89 Å². The maximum atomic E-state index is 11.9. The molecule has 11 heavy (non-hydrogen) atoms. The Morgan fingerprint density at radius 3 is 2.91 bits per heavy atom. The molecule has 0 aliphatic carbocycles. The van der Waals surface area contributed by atoms with Gasteiger partial charge in [0.1, 0.15) is 12.3 Å². The zero-order valence-corrected chi connectivity index (χ0v) is 6.80. The summed E-state index contributed by atoms with van der Waals surface area (Å²) in [6.07, 6.45) is 5.84. The van der Waals surface area contributed by atoms with Crippen LogP contribution in [0.15, 0.2) is 17.1 Å². The molecule has 0 N–H and O–H groups in total. The Labute approximate surface area is 69.6 Å². The molecule has 60 valence electrons. The van der Waals surface area contributed by atoms with Crippen LogP contribution < -0.4 is 0 Å². The Balaban J connectivity index is 1.82. The van der Waals surface area contributed by atoms with E-state index in [0.717, 1.165) is 13.1 Å². The molecule has 4 heteroatoms. The molecular weight excluding hydrogens is 163 g/mol. The summed E-state index contributed by atoms with van der Waals surface area (Å²) in [4.78, 5) is 4.23. The summed E-state index contributed by atoms with van der Waals surface area (Å²) in [6, 6.07) is 0.318. The largest absolute Gasteiger partial charge is 0.285 e. The van der Waals surface area contributed by atoms with Crippen molar-refractivity contribution in [3.63, 3.8) is 0 Å². The topological polar surface area (TPSA) is 15.6 Å². The van der Waals surface area contributed by atoms with Crippen molar-refractivity contribution in [2.45, 2.75) is 6.04 Å². The molecule has 0 radical (unpaired) electrons. The van der Waals surface area contributed by atoms with Crippen molar-refractivity contribution in [1.29, 1.82) is 0 Å². The molecule has 1 fully saturated rings. The maximum absolute atomic E-state index is 11.9. The van der Waals surface area contributed by atoms with E-state index in [1.54, 1.807) is 4.31 Å². The first-order chi connectivity index (χ1) is 5.40. The van der Waals surface area contributed by atoms with Gasteiger partial charge in [0.25, 0.3) is 0 Å². The lowest BCUT2D eigenvalue weighted by Gasteiger charge is -2.37. The standard InChI is InChI=1S/C7H9FN2S/c8-11-10-4-6(5-10)7-2-1-3-9-7/h1-3,6-7H,4-5H2. The van der Waals surface area contributed by atoms with Crippen LogP contribution in [0.4, 0.5) is 3.89 Å². The van der Waals surface area contributed by atoms with Gasteiger partial charge < -0.3 is 0 Å². The van der Waals surface area contributed by atoms with Gasteiger partial charge in [0, 0.05) is 25.2 Å². The maximum Gasteiger partial charge on any atom is 0.134 e. The highest BCUT2D eigenvalue weighted by Gasteiger charge is 2.33. The molecule has 0 bridgehead atoms. The van der Waals surface area contributed by atoms with E-state index in [2.05, 4.69) is 11.1 Å². The molecule has 2 rings (SSSR count). The van der Waals surface area contributed by atoms with Gasteiger partial charge in [0.05, 0.1) is 6.04 Å². The first-order valence-corrected chi connectivity index (χ1v) is 4.31. The SMILES string of the molecule is FSN1CC(C2C=CC=N2)C1. The van der Waals surface area contributed by atoms with Crippen LogP contribution in [-0.2, 0) is 0 Å². The third-order valence-electron chi connectivity index (χ3n) is 2.11. The average Bonchev–Trinajstić information content (AvgIpc) is 2.37. The summed E-state index contributed by atoms with van der Waals surface area (Å²) >= 11 is 0.331. The van der Waals surface area contributed by atoms with E-state index in [1.165, 1.54) is 0 Å². The third kappa shape index (κ3) is 1.32. The Bertz CT molecular complexity index is 187. The van der Waals surface area contributed by atoms with E-state index < -0.39 is 0 Å². The predicted octanol–water partition coefficient (Wildman–Crippen LogP) is 1.46. The monoisotopic (exact) mass is 172 g/mol. The Hall–Kier alpha value is -0.350. The Kier molecular flexibility index (Phi) is 1.96. The minimum absolute atomic E-state index is 0.318. The van der Waals surface area contributed by atoms with Gasteiger partial charge in [-0.05, 0) is 6.08 Å². The lowest BCUT2D eigenvalue weighted by molar-refractivity contribution is 0.201. The molecule has 0 aromatic carbocycles. The van der Waals surface area contributed by atoms with Gasteiger partial charge in [-0.1, -0.05) is 6.08 Å². The number of rotatable bonds is 2. The molecule has 0 aromatic rings. The highest BCUT2D eigenvalue weighted by molar-refractivity contribution is 7.91. The fourth-order valence-corrected chi connectivity index (χ4v) is 1.88. The second-order valence-electron chi connectivity index (χ2n) is 2.85. The van der Waals surface area contributed by atoms with E-state index in [1.807, 2.05) is 12.3 Å². The molecule has 2 aliphatic heterocycles. The Morgan fingerprint density at radius 1 is 1.55 bits per heavy atom. The number of aliphatic imine (C=N–C) groups is 1. The van der Waals surface area contributed by atoms with Gasteiger partial charge >= 0.3 is 0 Å². The quantitative estimate of drug-likeness (QED) is 0.586. The second-order valence-corrected chi connectivity index (χ2v) is 3.50. The van der Waals surface area contributed by atoms with Gasteiger partial charge in [-0.25, -0.2) is 4.31 Å². The van der Waals surface area contributed by atoms with E-state index in [9.17, 15) is 3.89 Å². The number of hydrogen-bond acceptors (Lipinski definition) is 3. The fourth-order valence-electron chi connectivity index (χ4n) is 1.38. The van der Waals surface area contributed by atoms with E-state index in [-0.39, 0.29) is 0 Å². The highest BCUT2D eigenvalue weighted by atomic mass is 32.2. The van der Waals surface area contributed by atoms with Crippen LogP contribution in [0.2, 0.25) is 0 Å². The van der Waals surface area contributed by atoms with Crippen molar-refractivity contribution in [2.24, 2.45) is 10.9 Å². The normalized spacial score (nSPS) is 31.2. The molecule has 2 heterocycles. The number of halogens is 1. The molecule has 0 spiro atoms. The summed E-state index contributed by atoms with van der Waals surface area (Å²) in [5.74, 6) is 0.535. The molecule has 1 unspecified atom stereocenters. The molecule has 2 aliphatic rings. The third-order valence-corrected chi connectivity index (χ3v) is 2.60. The lowest BCUT2D eigenvalue weighted by atomic mass is 9.95. The van der Waals surface area contributed by atoms with Crippen molar-refractivity contribution in [3.05, 3.63) is 12.2 Å². The van der Waals surface area contributed by atoms with Gasteiger partial charge in [-0.15, -0.1) is 3.89 Å². The summed E-state index contributed by atoms with van der Waals surface area (Å²) in [7, 11) is 0. The van der Waals surface area contributed by atoms with Gasteiger partial charge in [0.2, 0.25) is 0 Å². The zero-order chi connectivity index (χ0) is 7.68. The molecule has 0 aromatic heterocycles. The number of nitrogens with zero attached hydrogens (tertiary/aromatic N) is 2. The highest BCUT2D eigenvalue weighted by Crippen LogP contribution is 2.29. The smallest absolute Gasteiger partial charge is 0.134 e. The molecule has 0 saturated carbocycles. The van der Waals surface area contributed by atoms with Crippen LogP contribution in [0.5, 0.6) is 0 Å². The van der Waals surface area contributed by atoms with Crippen molar-refractivity contribution in [3.8, 4) is 0 Å². The molecule has 1 atom stereocenters. The summed E-state index contributed by atoms with van der Waals surface area (Å²) < 4.78 is 13.6. The molecule has 0 amide bonds. The van der Waals surface area contributed by atoms with Crippen LogP contribution in [0.3, 0.4) is 0 Å². The first kappa shape index (κ1) is 7.31.